The number of benzene rings is 1. The molecule has 1 aliphatic carbocycles. The van der Waals surface area contributed by atoms with Gasteiger partial charge in [0, 0.05) is 16.2 Å². The fourth-order valence-corrected chi connectivity index (χ4v) is 3.51. The van der Waals surface area contributed by atoms with Crippen molar-refractivity contribution in [2.75, 3.05) is 5.32 Å². The first-order valence-corrected chi connectivity index (χ1v) is 9.34. The summed E-state index contributed by atoms with van der Waals surface area (Å²) in [6.45, 7) is 8.74. The standard InChI is InChI=1S/C19H27BrN2O2/c1-12-11-15(9-10-16(12)20)22-18(24)17(23)21-14-7-5-13(6-8-14)19(2,3)4/h9-11,13-14H,5-8H2,1-4H3,(H,21,23)(H,22,24). The van der Waals surface area contributed by atoms with Gasteiger partial charge in [0.25, 0.3) is 0 Å². The number of halogens is 1. The van der Waals surface area contributed by atoms with Crippen molar-refractivity contribution in [3.63, 3.8) is 0 Å². The minimum absolute atomic E-state index is 0.105. The molecule has 0 unspecified atom stereocenters. The van der Waals surface area contributed by atoms with Gasteiger partial charge in [-0.25, -0.2) is 0 Å². The number of aryl methyl sites for hydroxylation is 1. The monoisotopic (exact) mass is 394 g/mol. The molecule has 2 N–H and O–H groups in total. The van der Waals surface area contributed by atoms with E-state index in [2.05, 4.69) is 47.3 Å². The molecule has 0 aromatic heterocycles. The van der Waals surface area contributed by atoms with Crippen molar-refractivity contribution < 1.29 is 9.59 Å². The highest BCUT2D eigenvalue weighted by Crippen LogP contribution is 2.37. The molecule has 1 saturated carbocycles. The molecule has 4 nitrogen and oxygen atoms in total. The lowest BCUT2D eigenvalue weighted by Gasteiger charge is -2.37. The first-order chi connectivity index (χ1) is 11.2. The van der Waals surface area contributed by atoms with Crippen LogP contribution < -0.4 is 10.6 Å². The van der Waals surface area contributed by atoms with E-state index in [1.165, 1.54) is 0 Å². The highest BCUT2D eigenvalue weighted by atomic mass is 79.9. The lowest BCUT2D eigenvalue weighted by atomic mass is 9.71. The second kappa shape index (κ2) is 7.68. The van der Waals surface area contributed by atoms with Gasteiger partial charge in [0.2, 0.25) is 0 Å². The minimum atomic E-state index is -0.602. The summed E-state index contributed by atoms with van der Waals surface area (Å²) in [6, 6.07) is 5.57. The molecule has 2 rings (SSSR count). The fourth-order valence-electron chi connectivity index (χ4n) is 3.27. The van der Waals surface area contributed by atoms with E-state index >= 15 is 0 Å². The van der Waals surface area contributed by atoms with Crippen molar-refractivity contribution in [3.05, 3.63) is 28.2 Å². The van der Waals surface area contributed by atoms with E-state index in [1.807, 2.05) is 19.1 Å². The van der Waals surface area contributed by atoms with Crippen LogP contribution in [0.2, 0.25) is 0 Å². The lowest BCUT2D eigenvalue weighted by molar-refractivity contribution is -0.136. The highest BCUT2D eigenvalue weighted by molar-refractivity contribution is 9.10. The number of hydrogen-bond donors (Lipinski definition) is 2. The summed E-state index contributed by atoms with van der Waals surface area (Å²) in [5, 5.41) is 5.54. The second-order valence-electron chi connectivity index (χ2n) is 7.81. The predicted octanol–water partition coefficient (Wildman–Crippen LogP) is 4.42. The summed E-state index contributed by atoms with van der Waals surface area (Å²) in [4.78, 5) is 24.2. The molecule has 132 valence electrons. The van der Waals surface area contributed by atoms with Crippen LogP contribution >= 0.6 is 15.9 Å². The van der Waals surface area contributed by atoms with Gasteiger partial charge in [0.1, 0.15) is 0 Å². The molecule has 0 aliphatic heterocycles. The number of carbonyl (C=O) groups excluding carboxylic acids is 2. The van der Waals surface area contributed by atoms with E-state index in [0.29, 0.717) is 17.0 Å². The Balaban J connectivity index is 1.84. The molecular formula is C19H27BrN2O2. The summed E-state index contributed by atoms with van der Waals surface area (Å²) in [7, 11) is 0. The van der Waals surface area contributed by atoms with Crippen LogP contribution in [0, 0.1) is 18.3 Å². The van der Waals surface area contributed by atoms with Gasteiger partial charge in [-0.2, -0.15) is 0 Å². The predicted molar refractivity (Wildman–Crippen MR) is 101 cm³/mol. The molecule has 24 heavy (non-hydrogen) atoms. The summed E-state index contributed by atoms with van der Waals surface area (Å²) < 4.78 is 0.973. The van der Waals surface area contributed by atoms with Crippen LogP contribution in [0.3, 0.4) is 0 Å². The Labute approximate surface area is 152 Å². The number of hydrogen-bond acceptors (Lipinski definition) is 2. The molecule has 0 heterocycles. The minimum Gasteiger partial charge on any atom is -0.345 e. The zero-order valence-electron chi connectivity index (χ0n) is 14.9. The smallest absolute Gasteiger partial charge is 0.313 e. The SMILES string of the molecule is Cc1cc(NC(=O)C(=O)NC2CCC(C(C)(C)C)CC2)ccc1Br. The Hall–Kier alpha value is -1.36. The van der Waals surface area contributed by atoms with Crippen molar-refractivity contribution in [3.8, 4) is 0 Å². The maximum Gasteiger partial charge on any atom is 0.313 e. The molecule has 2 amide bonds. The molecule has 1 fully saturated rings. The first-order valence-electron chi connectivity index (χ1n) is 8.55. The van der Waals surface area contributed by atoms with Crippen molar-refractivity contribution in [1.29, 1.82) is 0 Å². The molecule has 5 heteroatoms. The highest BCUT2D eigenvalue weighted by Gasteiger charge is 2.30. The number of amides is 2. The molecular weight excluding hydrogens is 368 g/mol. The summed E-state index contributed by atoms with van der Waals surface area (Å²) in [5.41, 5.74) is 1.95. The molecule has 0 radical (unpaired) electrons. The normalized spacial score (nSPS) is 21.2. The van der Waals surface area contributed by atoms with E-state index in [9.17, 15) is 9.59 Å². The Morgan fingerprint density at radius 1 is 1.08 bits per heavy atom. The number of anilines is 1. The number of nitrogens with one attached hydrogen (secondary N) is 2. The van der Waals surface area contributed by atoms with Crippen LogP contribution in [0.15, 0.2) is 22.7 Å². The molecule has 0 spiro atoms. The zero-order chi connectivity index (χ0) is 17.9. The topological polar surface area (TPSA) is 58.2 Å². The average molecular weight is 395 g/mol. The van der Waals surface area contributed by atoms with Gasteiger partial charge in [-0.15, -0.1) is 0 Å². The average Bonchev–Trinajstić information content (AvgIpc) is 2.50. The Kier molecular flexibility index (Phi) is 6.07. The summed E-state index contributed by atoms with van der Waals surface area (Å²) >= 11 is 3.42. The molecule has 1 aromatic rings. The molecule has 0 bridgehead atoms. The van der Waals surface area contributed by atoms with Gasteiger partial charge in [0.15, 0.2) is 0 Å². The van der Waals surface area contributed by atoms with Gasteiger partial charge < -0.3 is 10.6 Å². The van der Waals surface area contributed by atoms with Crippen LogP contribution in [0.1, 0.15) is 52.0 Å². The van der Waals surface area contributed by atoms with E-state index in [-0.39, 0.29) is 6.04 Å². The van der Waals surface area contributed by atoms with E-state index < -0.39 is 11.8 Å². The van der Waals surface area contributed by atoms with E-state index in [0.717, 1.165) is 35.7 Å². The van der Waals surface area contributed by atoms with Crippen molar-refractivity contribution in [2.24, 2.45) is 11.3 Å². The quantitative estimate of drug-likeness (QED) is 0.729. The van der Waals surface area contributed by atoms with E-state index in [1.54, 1.807) is 6.07 Å². The number of rotatable bonds is 2. The zero-order valence-corrected chi connectivity index (χ0v) is 16.5. The Morgan fingerprint density at radius 2 is 1.71 bits per heavy atom. The van der Waals surface area contributed by atoms with Gasteiger partial charge in [0.05, 0.1) is 0 Å². The third-order valence-corrected chi connectivity index (χ3v) is 5.80. The van der Waals surface area contributed by atoms with Crippen LogP contribution in [-0.4, -0.2) is 17.9 Å². The molecule has 0 atom stereocenters. The van der Waals surface area contributed by atoms with Crippen molar-refractivity contribution in [1.82, 2.24) is 5.32 Å². The van der Waals surface area contributed by atoms with E-state index in [4.69, 9.17) is 0 Å². The van der Waals surface area contributed by atoms with Crippen LogP contribution in [0.25, 0.3) is 0 Å². The third kappa shape index (κ3) is 5.07. The molecule has 0 saturated heterocycles. The molecule has 1 aromatic carbocycles. The lowest BCUT2D eigenvalue weighted by Crippen LogP contribution is -2.44. The second-order valence-corrected chi connectivity index (χ2v) is 8.66. The van der Waals surface area contributed by atoms with Gasteiger partial charge in [-0.05, 0) is 67.7 Å². The van der Waals surface area contributed by atoms with Gasteiger partial charge in [-0.3, -0.25) is 9.59 Å². The molecule has 1 aliphatic rings. The van der Waals surface area contributed by atoms with Crippen LogP contribution in [-0.2, 0) is 9.59 Å². The van der Waals surface area contributed by atoms with Crippen LogP contribution in [0.5, 0.6) is 0 Å². The maximum absolute atomic E-state index is 12.1. The summed E-state index contributed by atoms with van der Waals surface area (Å²) in [6.07, 6.45) is 4.08. The Bertz CT molecular complexity index is 614. The van der Waals surface area contributed by atoms with Crippen molar-refractivity contribution in [2.45, 2.75) is 59.4 Å². The van der Waals surface area contributed by atoms with Gasteiger partial charge >= 0.3 is 11.8 Å². The fraction of sp³-hybridized carbons (Fsp3) is 0.579. The largest absolute Gasteiger partial charge is 0.345 e. The number of carbonyl (C=O) groups is 2. The summed E-state index contributed by atoms with van der Waals surface area (Å²) in [5.74, 6) is -0.463. The van der Waals surface area contributed by atoms with Gasteiger partial charge in [-0.1, -0.05) is 36.7 Å². The first kappa shape index (κ1) is 19.0. The van der Waals surface area contributed by atoms with Crippen molar-refractivity contribution >= 4 is 33.4 Å². The van der Waals surface area contributed by atoms with Crippen LogP contribution in [0.4, 0.5) is 5.69 Å². The Morgan fingerprint density at radius 3 is 2.25 bits per heavy atom. The third-order valence-electron chi connectivity index (χ3n) is 4.91. The maximum atomic E-state index is 12.1.